The van der Waals surface area contributed by atoms with Crippen LogP contribution in [0.5, 0.6) is 0 Å². The van der Waals surface area contributed by atoms with E-state index in [0.29, 0.717) is 29.6 Å². The molecule has 9 heteroatoms. The van der Waals surface area contributed by atoms with Crippen LogP contribution in [0.2, 0.25) is 0 Å². The lowest BCUT2D eigenvalue weighted by Gasteiger charge is -2.20. The van der Waals surface area contributed by atoms with Crippen molar-refractivity contribution in [3.8, 4) is 0 Å². The van der Waals surface area contributed by atoms with Gasteiger partial charge in [0.25, 0.3) is 0 Å². The minimum absolute atomic E-state index is 0.0542. The zero-order valence-corrected chi connectivity index (χ0v) is 20.5. The van der Waals surface area contributed by atoms with Crippen molar-refractivity contribution in [3.63, 3.8) is 0 Å². The standard InChI is InChI=1S/C24H35N5O4/c1-8-32-23(30)27-19-12-20(28-24(31)33-9-2)22(26-14(3)4)29-21(19)25-13-18-16(6)10-15(5)11-17(18)7/h10-12,14H,8-9,13H2,1-7H3,(H,27,30)(H,28,31)(H2,25,26,29). The number of anilines is 4. The molecule has 0 aliphatic heterocycles. The first-order valence-electron chi connectivity index (χ1n) is 11.1. The quantitative estimate of drug-likeness (QED) is 0.389. The highest BCUT2D eigenvalue weighted by molar-refractivity contribution is 5.95. The van der Waals surface area contributed by atoms with Gasteiger partial charge in [0, 0.05) is 12.6 Å². The third-order valence-corrected chi connectivity index (χ3v) is 4.75. The Hall–Kier alpha value is -3.49. The average molecular weight is 458 g/mol. The molecular weight excluding hydrogens is 422 g/mol. The lowest BCUT2D eigenvalue weighted by molar-refractivity contribution is 0.167. The molecule has 0 aliphatic carbocycles. The van der Waals surface area contributed by atoms with Gasteiger partial charge in [-0.1, -0.05) is 17.7 Å². The summed E-state index contributed by atoms with van der Waals surface area (Å²) in [6.07, 6.45) is -1.23. The monoisotopic (exact) mass is 457 g/mol. The maximum atomic E-state index is 12.2. The van der Waals surface area contributed by atoms with Crippen LogP contribution in [0.4, 0.5) is 32.6 Å². The fraction of sp³-hybridized carbons (Fsp3) is 0.458. The van der Waals surface area contributed by atoms with E-state index in [0.717, 1.165) is 5.56 Å². The van der Waals surface area contributed by atoms with Crippen molar-refractivity contribution < 1.29 is 19.1 Å². The fourth-order valence-electron chi connectivity index (χ4n) is 3.44. The predicted molar refractivity (Wildman–Crippen MR) is 132 cm³/mol. The Morgan fingerprint density at radius 3 is 1.88 bits per heavy atom. The number of ether oxygens (including phenoxy) is 2. The number of nitrogens with zero attached hydrogens (tertiary/aromatic N) is 1. The summed E-state index contributed by atoms with van der Waals surface area (Å²) in [5.41, 5.74) is 5.44. The molecule has 0 spiro atoms. The number of pyridine rings is 1. The van der Waals surface area contributed by atoms with Crippen molar-refractivity contribution in [2.45, 2.75) is 61.1 Å². The van der Waals surface area contributed by atoms with Gasteiger partial charge in [-0.05, 0) is 71.2 Å². The summed E-state index contributed by atoms with van der Waals surface area (Å²) in [7, 11) is 0. The van der Waals surface area contributed by atoms with E-state index >= 15 is 0 Å². The Labute approximate surface area is 195 Å². The van der Waals surface area contributed by atoms with E-state index in [9.17, 15) is 9.59 Å². The molecule has 9 nitrogen and oxygen atoms in total. The smallest absolute Gasteiger partial charge is 0.411 e. The van der Waals surface area contributed by atoms with Gasteiger partial charge in [0.1, 0.15) is 0 Å². The topological polar surface area (TPSA) is 114 Å². The molecule has 0 radical (unpaired) electrons. The SMILES string of the molecule is CCOC(=O)Nc1cc(NC(=O)OCC)c(NC(C)C)nc1NCc1c(C)cc(C)cc1C. The summed E-state index contributed by atoms with van der Waals surface area (Å²) in [6.45, 7) is 14.6. The predicted octanol–water partition coefficient (Wildman–Crippen LogP) is 5.58. The Kier molecular flexibility index (Phi) is 9.32. The maximum absolute atomic E-state index is 12.2. The number of aryl methyl sites for hydroxylation is 3. The lowest BCUT2D eigenvalue weighted by atomic mass is 10.00. The first-order valence-corrected chi connectivity index (χ1v) is 11.1. The van der Waals surface area contributed by atoms with E-state index < -0.39 is 12.2 Å². The summed E-state index contributed by atoms with van der Waals surface area (Å²) in [5, 5.41) is 12.0. The molecule has 0 unspecified atom stereocenters. The largest absolute Gasteiger partial charge is 0.450 e. The van der Waals surface area contributed by atoms with Gasteiger partial charge < -0.3 is 20.1 Å². The van der Waals surface area contributed by atoms with Crippen LogP contribution in [0.25, 0.3) is 0 Å². The number of amides is 2. The van der Waals surface area contributed by atoms with Crippen LogP contribution in [-0.4, -0.2) is 36.4 Å². The van der Waals surface area contributed by atoms with Gasteiger partial charge in [-0.25, -0.2) is 14.6 Å². The number of hydrogen-bond acceptors (Lipinski definition) is 7. The molecule has 0 aliphatic rings. The highest BCUT2D eigenvalue weighted by atomic mass is 16.6. The number of rotatable bonds is 9. The molecule has 4 N–H and O–H groups in total. The normalized spacial score (nSPS) is 10.5. The van der Waals surface area contributed by atoms with Crippen molar-refractivity contribution in [1.29, 1.82) is 0 Å². The van der Waals surface area contributed by atoms with Crippen LogP contribution >= 0.6 is 0 Å². The molecule has 1 aromatic heterocycles. The summed E-state index contributed by atoms with van der Waals surface area (Å²) in [4.78, 5) is 28.9. The van der Waals surface area contributed by atoms with E-state index in [2.05, 4.69) is 59.2 Å². The molecule has 1 aromatic carbocycles. The van der Waals surface area contributed by atoms with Crippen molar-refractivity contribution in [2.24, 2.45) is 0 Å². The number of aromatic nitrogens is 1. The summed E-state index contributed by atoms with van der Waals surface area (Å²) in [5.74, 6) is 0.896. The Morgan fingerprint density at radius 2 is 1.39 bits per heavy atom. The zero-order valence-electron chi connectivity index (χ0n) is 20.5. The van der Waals surface area contributed by atoms with Gasteiger partial charge >= 0.3 is 12.2 Å². The van der Waals surface area contributed by atoms with E-state index in [1.165, 1.54) is 16.7 Å². The summed E-state index contributed by atoms with van der Waals surface area (Å²) in [6, 6.07) is 5.95. The number of hydrogen-bond donors (Lipinski definition) is 4. The van der Waals surface area contributed by atoms with E-state index in [1.807, 2.05) is 13.8 Å². The van der Waals surface area contributed by atoms with E-state index in [1.54, 1.807) is 19.9 Å². The van der Waals surface area contributed by atoms with E-state index in [4.69, 9.17) is 9.47 Å². The zero-order chi connectivity index (χ0) is 24.5. The highest BCUT2D eigenvalue weighted by Gasteiger charge is 2.18. The van der Waals surface area contributed by atoms with Gasteiger partial charge in [-0.15, -0.1) is 0 Å². The van der Waals surface area contributed by atoms with E-state index in [-0.39, 0.29) is 19.3 Å². The first kappa shape index (κ1) is 25.8. The second kappa shape index (κ2) is 11.9. The third-order valence-electron chi connectivity index (χ3n) is 4.75. The Balaban J connectivity index is 2.46. The molecule has 1 heterocycles. The van der Waals surface area contributed by atoms with Gasteiger partial charge in [0.05, 0.1) is 24.6 Å². The fourth-order valence-corrected chi connectivity index (χ4v) is 3.44. The molecular formula is C24H35N5O4. The van der Waals surface area contributed by atoms with Crippen molar-refractivity contribution in [2.75, 3.05) is 34.5 Å². The molecule has 180 valence electrons. The van der Waals surface area contributed by atoms with Gasteiger partial charge in [0.15, 0.2) is 11.6 Å². The second-order valence-electron chi connectivity index (χ2n) is 8.00. The Morgan fingerprint density at radius 1 is 0.879 bits per heavy atom. The van der Waals surface area contributed by atoms with Crippen LogP contribution in [-0.2, 0) is 16.0 Å². The molecule has 0 bridgehead atoms. The van der Waals surface area contributed by atoms with Crippen LogP contribution in [0.1, 0.15) is 49.9 Å². The van der Waals surface area contributed by atoms with Crippen molar-refractivity contribution in [3.05, 3.63) is 40.5 Å². The van der Waals surface area contributed by atoms with Gasteiger partial charge in [-0.2, -0.15) is 0 Å². The number of benzene rings is 1. The van der Waals surface area contributed by atoms with Crippen LogP contribution < -0.4 is 21.3 Å². The van der Waals surface area contributed by atoms with Gasteiger partial charge in [0.2, 0.25) is 0 Å². The number of carbonyl (C=O) groups excluding carboxylic acids is 2. The maximum Gasteiger partial charge on any atom is 0.411 e. The van der Waals surface area contributed by atoms with Crippen molar-refractivity contribution in [1.82, 2.24) is 4.98 Å². The van der Waals surface area contributed by atoms with Crippen molar-refractivity contribution >= 4 is 35.2 Å². The average Bonchev–Trinajstić information content (AvgIpc) is 2.69. The number of carbonyl (C=O) groups is 2. The minimum atomic E-state index is -0.614. The van der Waals surface area contributed by atoms with Crippen LogP contribution in [0, 0.1) is 20.8 Å². The number of nitrogens with one attached hydrogen (secondary N) is 4. The molecule has 0 saturated heterocycles. The third kappa shape index (κ3) is 7.55. The summed E-state index contributed by atoms with van der Waals surface area (Å²) >= 11 is 0. The lowest BCUT2D eigenvalue weighted by Crippen LogP contribution is -2.21. The highest BCUT2D eigenvalue weighted by Crippen LogP contribution is 2.31. The van der Waals surface area contributed by atoms with Crippen LogP contribution in [0.15, 0.2) is 18.2 Å². The summed E-state index contributed by atoms with van der Waals surface area (Å²) < 4.78 is 10.0. The Bertz CT molecular complexity index is 968. The second-order valence-corrected chi connectivity index (χ2v) is 8.00. The molecule has 0 saturated carbocycles. The first-order chi connectivity index (χ1) is 15.6. The minimum Gasteiger partial charge on any atom is -0.450 e. The molecule has 2 amide bonds. The molecule has 0 fully saturated rings. The van der Waals surface area contributed by atoms with Gasteiger partial charge in [-0.3, -0.25) is 10.6 Å². The molecule has 2 aromatic rings. The molecule has 0 atom stereocenters. The van der Waals surface area contributed by atoms with Crippen LogP contribution in [0.3, 0.4) is 0 Å². The molecule has 33 heavy (non-hydrogen) atoms. The molecule has 2 rings (SSSR count).